The maximum Gasteiger partial charge on any atom is 0.0783 e. The Hall–Kier alpha value is -0.300. The molecule has 0 aromatic carbocycles. The molecule has 92 valence electrons. The molecule has 2 aliphatic carbocycles. The monoisotopic (exact) mass is 222 g/mol. The average Bonchev–Trinajstić information content (AvgIpc) is 2.50. The summed E-state index contributed by atoms with van der Waals surface area (Å²) in [6.45, 7) is 11.1. The van der Waals surface area contributed by atoms with Gasteiger partial charge in [0.1, 0.15) is 0 Å². The van der Waals surface area contributed by atoms with Crippen molar-refractivity contribution in [2.75, 3.05) is 0 Å². The van der Waals surface area contributed by atoms with Crippen molar-refractivity contribution in [3.8, 4) is 0 Å². The zero-order chi connectivity index (χ0) is 11.9. The fraction of sp³-hybridized carbons (Fsp3) is 0.867. The minimum Gasteiger partial charge on any atom is -0.388 e. The second-order valence-corrected chi connectivity index (χ2v) is 6.58. The number of rotatable bonds is 1. The van der Waals surface area contributed by atoms with E-state index in [1.54, 1.807) is 0 Å². The van der Waals surface area contributed by atoms with Crippen LogP contribution in [0.25, 0.3) is 0 Å². The van der Waals surface area contributed by atoms with E-state index in [0.29, 0.717) is 23.2 Å². The van der Waals surface area contributed by atoms with Crippen LogP contribution in [0.5, 0.6) is 0 Å². The highest BCUT2D eigenvalue weighted by Gasteiger charge is 2.50. The van der Waals surface area contributed by atoms with Gasteiger partial charge in [-0.1, -0.05) is 27.4 Å². The lowest BCUT2D eigenvalue weighted by atomic mass is 9.70. The molecule has 0 aromatic heterocycles. The molecule has 4 unspecified atom stereocenters. The van der Waals surface area contributed by atoms with Gasteiger partial charge in [0.2, 0.25) is 0 Å². The Morgan fingerprint density at radius 3 is 2.69 bits per heavy atom. The summed E-state index contributed by atoms with van der Waals surface area (Å²) < 4.78 is 0. The molecule has 0 heterocycles. The van der Waals surface area contributed by atoms with Gasteiger partial charge >= 0.3 is 0 Å². The van der Waals surface area contributed by atoms with Gasteiger partial charge in [-0.25, -0.2) is 0 Å². The van der Waals surface area contributed by atoms with E-state index in [9.17, 15) is 5.11 Å². The van der Waals surface area contributed by atoms with Gasteiger partial charge in [-0.2, -0.15) is 0 Å². The van der Waals surface area contributed by atoms with E-state index >= 15 is 0 Å². The van der Waals surface area contributed by atoms with Crippen LogP contribution in [-0.4, -0.2) is 11.2 Å². The molecule has 0 saturated heterocycles. The first-order valence-corrected chi connectivity index (χ1v) is 6.81. The van der Waals surface area contributed by atoms with Crippen molar-refractivity contribution < 1.29 is 5.11 Å². The lowest BCUT2D eigenvalue weighted by molar-refractivity contribution is 0.0371. The second-order valence-electron chi connectivity index (χ2n) is 6.58. The summed E-state index contributed by atoms with van der Waals surface area (Å²) in [5.41, 5.74) is 1.45. The summed E-state index contributed by atoms with van der Waals surface area (Å²) >= 11 is 0. The number of aliphatic hydroxyl groups excluding tert-OH is 1. The minimum atomic E-state index is -0.248. The van der Waals surface area contributed by atoms with Gasteiger partial charge in [0, 0.05) is 0 Å². The predicted octanol–water partition coefficient (Wildman–Crippen LogP) is 3.78. The summed E-state index contributed by atoms with van der Waals surface area (Å²) in [7, 11) is 0. The zero-order valence-electron chi connectivity index (χ0n) is 11.0. The van der Waals surface area contributed by atoms with Crippen molar-refractivity contribution in [2.45, 2.75) is 59.0 Å². The van der Waals surface area contributed by atoms with Gasteiger partial charge in [0.05, 0.1) is 6.10 Å². The van der Waals surface area contributed by atoms with E-state index in [-0.39, 0.29) is 6.10 Å². The van der Waals surface area contributed by atoms with E-state index in [1.807, 2.05) is 0 Å². The van der Waals surface area contributed by atoms with E-state index in [1.165, 1.54) is 25.7 Å². The molecule has 16 heavy (non-hydrogen) atoms. The Bertz CT molecular complexity index is 281. The van der Waals surface area contributed by atoms with Crippen LogP contribution >= 0.6 is 0 Å². The Morgan fingerprint density at radius 2 is 2.06 bits per heavy atom. The standard InChI is InChI=1S/C15H26O/c1-10(2)12-7-9-15(4)8-5-6-11(3)14(16)13(12)15/h10,12-14,16H,3,5-9H2,1-2,4H3. The topological polar surface area (TPSA) is 20.2 Å². The molecule has 2 fully saturated rings. The zero-order valence-corrected chi connectivity index (χ0v) is 11.0. The van der Waals surface area contributed by atoms with E-state index in [2.05, 4.69) is 27.4 Å². The van der Waals surface area contributed by atoms with Crippen LogP contribution in [0.4, 0.5) is 0 Å². The molecule has 2 aliphatic rings. The normalized spacial score (nSPS) is 44.6. The van der Waals surface area contributed by atoms with Crippen molar-refractivity contribution in [3.63, 3.8) is 0 Å². The number of hydrogen-bond donors (Lipinski definition) is 1. The van der Waals surface area contributed by atoms with E-state index in [0.717, 1.165) is 12.0 Å². The molecule has 0 radical (unpaired) electrons. The molecular formula is C15H26O. The highest BCUT2D eigenvalue weighted by atomic mass is 16.3. The molecule has 2 saturated carbocycles. The van der Waals surface area contributed by atoms with Crippen LogP contribution in [0.1, 0.15) is 52.9 Å². The summed E-state index contributed by atoms with van der Waals surface area (Å²) in [6, 6.07) is 0. The highest BCUT2D eigenvalue weighted by Crippen LogP contribution is 2.56. The van der Waals surface area contributed by atoms with Gasteiger partial charge in [-0.05, 0) is 60.8 Å². The van der Waals surface area contributed by atoms with Crippen molar-refractivity contribution in [1.82, 2.24) is 0 Å². The first-order chi connectivity index (χ1) is 7.46. The van der Waals surface area contributed by atoms with Crippen LogP contribution < -0.4 is 0 Å². The first kappa shape index (κ1) is 12.2. The Balaban J connectivity index is 2.30. The predicted molar refractivity (Wildman–Crippen MR) is 68.2 cm³/mol. The van der Waals surface area contributed by atoms with Gasteiger partial charge in [-0.15, -0.1) is 0 Å². The summed E-state index contributed by atoms with van der Waals surface area (Å²) in [6.07, 6.45) is 5.86. The molecule has 4 atom stereocenters. The molecule has 1 heteroatoms. The van der Waals surface area contributed by atoms with Crippen LogP contribution in [0.15, 0.2) is 12.2 Å². The number of aliphatic hydroxyl groups is 1. The molecule has 0 aromatic rings. The molecule has 1 N–H and O–H groups in total. The summed E-state index contributed by atoms with van der Waals surface area (Å²) in [4.78, 5) is 0. The Kier molecular flexibility index (Phi) is 3.18. The SMILES string of the molecule is C=C1CCCC2(C)CCC(C(C)C)C2C1O. The van der Waals surface area contributed by atoms with Crippen LogP contribution in [-0.2, 0) is 0 Å². The van der Waals surface area contributed by atoms with Crippen molar-refractivity contribution in [2.24, 2.45) is 23.2 Å². The molecule has 0 spiro atoms. The fourth-order valence-electron chi connectivity index (χ4n) is 4.14. The average molecular weight is 222 g/mol. The van der Waals surface area contributed by atoms with Gasteiger partial charge in [-0.3, -0.25) is 0 Å². The lowest BCUT2D eigenvalue weighted by Gasteiger charge is -2.37. The third-order valence-electron chi connectivity index (χ3n) is 5.18. The first-order valence-electron chi connectivity index (χ1n) is 6.81. The van der Waals surface area contributed by atoms with Crippen molar-refractivity contribution in [1.29, 1.82) is 0 Å². The molecular weight excluding hydrogens is 196 g/mol. The summed E-state index contributed by atoms with van der Waals surface area (Å²) in [5.74, 6) is 1.84. The smallest absolute Gasteiger partial charge is 0.0783 e. The van der Waals surface area contributed by atoms with Crippen molar-refractivity contribution >= 4 is 0 Å². The van der Waals surface area contributed by atoms with Gasteiger partial charge in [0.25, 0.3) is 0 Å². The highest BCUT2D eigenvalue weighted by molar-refractivity contribution is 5.13. The second kappa shape index (κ2) is 4.18. The lowest BCUT2D eigenvalue weighted by Crippen LogP contribution is -2.36. The van der Waals surface area contributed by atoms with Crippen LogP contribution in [0.2, 0.25) is 0 Å². The van der Waals surface area contributed by atoms with E-state index in [4.69, 9.17) is 0 Å². The molecule has 0 aliphatic heterocycles. The third-order valence-corrected chi connectivity index (χ3v) is 5.18. The third kappa shape index (κ3) is 1.84. The Morgan fingerprint density at radius 1 is 1.38 bits per heavy atom. The largest absolute Gasteiger partial charge is 0.388 e. The summed E-state index contributed by atoms with van der Waals surface area (Å²) in [5, 5.41) is 10.5. The maximum absolute atomic E-state index is 10.5. The number of hydrogen-bond acceptors (Lipinski definition) is 1. The van der Waals surface area contributed by atoms with Crippen molar-refractivity contribution in [3.05, 3.63) is 12.2 Å². The minimum absolute atomic E-state index is 0.248. The Labute approximate surface area is 99.9 Å². The van der Waals surface area contributed by atoms with Gasteiger partial charge in [0.15, 0.2) is 0 Å². The maximum atomic E-state index is 10.5. The molecule has 1 nitrogen and oxygen atoms in total. The van der Waals surface area contributed by atoms with Crippen LogP contribution in [0.3, 0.4) is 0 Å². The van der Waals surface area contributed by atoms with E-state index < -0.39 is 0 Å². The fourth-order valence-corrected chi connectivity index (χ4v) is 4.14. The molecule has 0 amide bonds. The molecule has 2 rings (SSSR count). The molecule has 0 bridgehead atoms. The van der Waals surface area contributed by atoms with Crippen LogP contribution in [0, 0.1) is 23.2 Å². The quantitative estimate of drug-likeness (QED) is 0.669. The van der Waals surface area contributed by atoms with Gasteiger partial charge < -0.3 is 5.11 Å². The number of fused-ring (bicyclic) bond motifs is 1.